The molecule has 0 radical (unpaired) electrons. The van der Waals surface area contributed by atoms with Gasteiger partial charge in [0.1, 0.15) is 5.82 Å². The molecule has 1 aromatic carbocycles. The van der Waals surface area contributed by atoms with Crippen molar-refractivity contribution in [2.75, 3.05) is 6.54 Å². The van der Waals surface area contributed by atoms with Gasteiger partial charge in [0.2, 0.25) is 5.91 Å². The number of carbonyl (C=O) groups is 1. The van der Waals surface area contributed by atoms with Gasteiger partial charge in [-0.1, -0.05) is 25.1 Å². The third-order valence-corrected chi connectivity index (χ3v) is 4.95. The van der Waals surface area contributed by atoms with Crippen molar-refractivity contribution >= 4 is 5.91 Å². The van der Waals surface area contributed by atoms with Crippen molar-refractivity contribution in [1.82, 2.24) is 4.90 Å². The maximum Gasteiger partial charge on any atom is 0.224 e. The predicted molar refractivity (Wildman–Crippen MR) is 80.0 cm³/mol. The number of hydrogen-bond donors (Lipinski definition) is 1. The molecule has 0 spiro atoms. The van der Waals surface area contributed by atoms with E-state index in [2.05, 4.69) is 6.92 Å². The van der Waals surface area contributed by atoms with E-state index in [0.717, 1.165) is 25.7 Å². The Morgan fingerprint density at radius 1 is 1.43 bits per heavy atom. The zero-order chi connectivity index (χ0) is 15.0. The fourth-order valence-corrected chi connectivity index (χ4v) is 3.57. The first-order valence-corrected chi connectivity index (χ1v) is 7.81. The highest BCUT2D eigenvalue weighted by Crippen LogP contribution is 2.39. The van der Waals surface area contributed by atoms with E-state index in [0.29, 0.717) is 24.4 Å². The van der Waals surface area contributed by atoms with E-state index in [1.807, 2.05) is 11.0 Å². The smallest absolute Gasteiger partial charge is 0.224 e. The highest BCUT2D eigenvalue weighted by molar-refractivity contribution is 5.78. The summed E-state index contributed by atoms with van der Waals surface area (Å²) < 4.78 is 14.1. The lowest BCUT2D eigenvalue weighted by atomic mass is 9.75. The normalized spacial score (nSPS) is 27.5. The SMILES string of the molecule is C[C@@H]1C[C@H](c2ccccc2F)N(C(=O)CC2(N)CCC2)C1. The molecule has 0 aromatic heterocycles. The topological polar surface area (TPSA) is 46.3 Å². The van der Waals surface area contributed by atoms with Crippen molar-refractivity contribution in [2.24, 2.45) is 11.7 Å². The molecule has 2 aliphatic rings. The van der Waals surface area contributed by atoms with E-state index in [1.54, 1.807) is 12.1 Å². The van der Waals surface area contributed by atoms with Crippen LogP contribution in [0.2, 0.25) is 0 Å². The van der Waals surface area contributed by atoms with Gasteiger partial charge in [0.25, 0.3) is 0 Å². The first-order valence-electron chi connectivity index (χ1n) is 7.81. The van der Waals surface area contributed by atoms with Crippen LogP contribution in [0.25, 0.3) is 0 Å². The lowest BCUT2D eigenvalue weighted by Gasteiger charge is -2.39. The summed E-state index contributed by atoms with van der Waals surface area (Å²) in [6.45, 7) is 2.82. The summed E-state index contributed by atoms with van der Waals surface area (Å²) in [6, 6.07) is 6.64. The largest absolute Gasteiger partial charge is 0.335 e. The van der Waals surface area contributed by atoms with E-state index >= 15 is 0 Å². The molecular formula is C17H23FN2O. The van der Waals surface area contributed by atoms with Crippen LogP contribution < -0.4 is 5.73 Å². The summed E-state index contributed by atoms with van der Waals surface area (Å²) in [7, 11) is 0. The molecule has 1 aliphatic heterocycles. The van der Waals surface area contributed by atoms with Crippen LogP contribution in [0.1, 0.15) is 50.6 Å². The number of halogens is 1. The van der Waals surface area contributed by atoms with Gasteiger partial charge in [0, 0.05) is 24.1 Å². The quantitative estimate of drug-likeness (QED) is 0.930. The third kappa shape index (κ3) is 2.82. The van der Waals surface area contributed by atoms with Gasteiger partial charge in [0.05, 0.1) is 6.04 Å². The summed E-state index contributed by atoms with van der Waals surface area (Å²) in [4.78, 5) is 14.5. The molecular weight excluding hydrogens is 267 g/mol. The van der Waals surface area contributed by atoms with Crippen LogP contribution in [-0.2, 0) is 4.79 Å². The monoisotopic (exact) mass is 290 g/mol. The molecule has 1 heterocycles. The Balaban J connectivity index is 1.79. The number of nitrogens with zero attached hydrogens (tertiary/aromatic N) is 1. The molecule has 3 nitrogen and oxygen atoms in total. The fraction of sp³-hybridized carbons (Fsp3) is 0.588. The average Bonchev–Trinajstić information content (AvgIpc) is 2.79. The van der Waals surface area contributed by atoms with Crippen molar-refractivity contribution in [1.29, 1.82) is 0 Å². The van der Waals surface area contributed by atoms with Gasteiger partial charge < -0.3 is 10.6 Å². The van der Waals surface area contributed by atoms with E-state index in [1.165, 1.54) is 6.07 Å². The van der Waals surface area contributed by atoms with E-state index in [-0.39, 0.29) is 23.3 Å². The molecule has 0 bridgehead atoms. The maximum atomic E-state index is 14.1. The lowest BCUT2D eigenvalue weighted by Crippen LogP contribution is -2.50. The summed E-state index contributed by atoms with van der Waals surface area (Å²) in [6.07, 6.45) is 4.17. The second-order valence-electron chi connectivity index (χ2n) is 6.82. The minimum Gasteiger partial charge on any atom is -0.335 e. The molecule has 2 fully saturated rings. The number of hydrogen-bond acceptors (Lipinski definition) is 2. The van der Waals surface area contributed by atoms with Crippen LogP contribution in [0.15, 0.2) is 24.3 Å². The lowest BCUT2D eigenvalue weighted by molar-refractivity contribution is -0.134. The van der Waals surface area contributed by atoms with Gasteiger partial charge in [-0.05, 0) is 37.7 Å². The van der Waals surface area contributed by atoms with Crippen molar-refractivity contribution < 1.29 is 9.18 Å². The van der Waals surface area contributed by atoms with Gasteiger partial charge in [-0.3, -0.25) is 4.79 Å². The van der Waals surface area contributed by atoms with E-state index < -0.39 is 0 Å². The molecule has 4 heteroatoms. The zero-order valence-electron chi connectivity index (χ0n) is 12.5. The van der Waals surface area contributed by atoms with Crippen LogP contribution in [0.5, 0.6) is 0 Å². The Kier molecular flexibility index (Phi) is 3.74. The molecule has 1 amide bonds. The van der Waals surface area contributed by atoms with Gasteiger partial charge in [-0.25, -0.2) is 4.39 Å². The second kappa shape index (κ2) is 5.41. The minimum absolute atomic E-state index is 0.0785. The number of benzene rings is 1. The number of amides is 1. The predicted octanol–water partition coefficient (Wildman–Crippen LogP) is 3.01. The van der Waals surface area contributed by atoms with Crippen molar-refractivity contribution in [2.45, 2.75) is 50.6 Å². The minimum atomic E-state index is -0.317. The Morgan fingerprint density at radius 2 is 2.14 bits per heavy atom. The second-order valence-corrected chi connectivity index (χ2v) is 6.82. The Morgan fingerprint density at radius 3 is 2.76 bits per heavy atom. The first-order chi connectivity index (χ1) is 9.98. The summed E-state index contributed by atoms with van der Waals surface area (Å²) in [5.41, 5.74) is 6.52. The molecule has 114 valence electrons. The standard InChI is InChI=1S/C17H23FN2O/c1-12-9-15(13-5-2-3-6-14(13)18)20(11-12)16(21)10-17(19)7-4-8-17/h2-3,5-6,12,15H,4,7-11,19H2,1H3/t12-,15-/m1/s1. The molecule has 1 aliphatic carbocycles. The molecule has 1 saturated heterocycles. The van der Waals surface area contributed by atoms with Crippen LogP contribution in [-0.4, -0.2) is 22.9 Å². The zero-order valence-corrected chi connectivity index (χ0v) is 12.5. The highest BCUT2D eigenvalue weighted by atomic mass is 19.1. The van der Waals surface area contributed by atoms with Gasteiger partial charge >= 0.3 is 0 Å². The molecule has 2 atom stereocenters. The summed E-state index contributed by atoms with van der Waals surface area (Å²) in [5, 5.41) is 0. The van der Waals surface area contributed by atoms with Gasteiger partial charge in [-0.15, -0.1) is 0 Å². The summed E-state index contributed by atoms with van der Waals surface area (Å²) >= 11 is 0. The number of rotatable bonds is 3. The number of nitrogens with two attached hydrogens (primary N) is 1. The van der Waals surface area contributed by atoms with Crippen molar-refractivity contribution in [3.05, 3.63) is 35.6 Å². The van der Waals surface area contributed by atoms with Crippen LogP contribution in [0.3, 0.4) is 0 Å². The van der Waals surface area contributed by atoms with Crippen LogP contribution >= 0.6 is 0 Å². The van der Waals surface area contributed by atoms with Crippen LogP contribution in [0.4, 0.5) is 4.39 Å². The van der Waals surface area contributed by atoms with E-state index in [4.69, 9.17) is 5.73 Å². The molecule has 1 aromatic rings. The maximum absolute atomic E-state index is 14.1. The molecule has 3 rings (SSSR count). The third-order valence-electron chi connectivity index (χ3n) is 4.95. The molecule has 2 N–H and O–H groups in total. The average molecular weight is 290 g/mol. The molecule has 0 unspecified atom stereocenters. The fourth-order valence-electron chi connectivity index (χ4n) is 3.57. The van der Waals surface area contributed by atoms with Crippen molar-refractivity contribution in [3.8, 4) is 0 Å². The van der Waals surface area contributed by atoms with Gasteiger partial charge in [-0.2, -0.15) is 0 Å². The van der Waals surface area contributed by atoms with E-state index in [9.17, 15) is 9.18 Å². The number of carbonyl (C=O) groups excluding carboxylic acids is 1. The first kappa shape index (κ1) is 14.5. The summed E-state index contributed by atoms with van der Waals surface area (Å²) in [5.74, 6) is 0.254. The molecule has 1 saturated carbocycles. The Labute approximate surface area is 125 Å². The highest BCUT2D eigenvalue weighted by Gasteiger charge is 2.40. The molecule has 21 heavy (non-hydrogen) atoms. The van der Waals surface area contributed by atoms with Crippen LogP contribution in [0, 0.1) is 11.7 Å². The van der Waals surface area contributed by atoms with Crippen molar-refractivity contribution in [3.63, 3.8) is 0 Å². The Bertz CT molecular complexity index is 541. The Hall–Kier alpha value is -1.42. The number of likely N-dealkylation sites (tertiary alicyclic amines) is 1. The van der Waals surface area contributed by atoms with Gasteiger partial charge in [0.15, 0.2) is 0 Å².